The van der Waals surface area contributed by atoms with Gasteiger partial charge in [-0.2, -0.15) is 0 Å². The van der Waals surface area contributed by atoms with Gasteiger partial charge in [0, 0.05) is 11.8 Å². The number of ketones is 1. The van der Waals surface area contributed by atoms with Crippen molar-refractivity contribution in [3.63, 3.8) is 0 Å². The summed E-state index contributed by atoms with van der Waals surface area (Å²) >= 11 is 0. The molecule has 4 unspecified atom stereocenters. The van der Waals surface area contributed by atoms with Crippen molar-refractivity contribution in [2.75, 3.05) is 6.61 Å². The van der Waals surface area contributed by atoms with Crippen molar-refractivity contribution in [3.05, 3.63) is 11.6 Å². The van der Waals surface area contributed by atoms with Crippen molar-refractivity contribution in [2.24, 2.45) is 16.7 Å². The highest BCUT2D eigenvalue weighted by atomic mass is 16.6. The van der Waals surface area contributed by atoms with Gasteiger partial charge in [0.2, 0.25) is 0 Å². The van der Waals surface area contributed by atoms with Crippen LogP contribution in [-0.2, 0) is 9.53 Å². The number of rotatable bonds is 4. The number of hydrogen-bond donors (Lipinski definition) is 1. The minimum absolute atomic E-state index is 0.0255. The fourth-order valence-corrected chi connectivity index (χ4v) is 4.12. The molecule has 0 radical (unpaired) electrons. The Hall–Kier alpha value is -0.670. The molecule has 1 N–H and O–H groups in total. The highest BCUT2D eigenvalue weighted by Gasteiger charge is 2.61. The Kier molecular flexibility index (Phi) is 5.13. The molecule has 1 saturated heterocycles. The van der Waals surface area contributed by atoms with Crippen LogP contribution < -0.4 is 0 Å². The van der Waals surface area contributed by atoms with Gasteiger partial charge in [-0.15, -0.1) is 0 Å². The zero-order valence-corrected chi connectivity index (χ0v) is 15.7. The fraction of sp³-hybridized carbons (Fsp3) is 0.850. The van der Waals surface area contributed by atoms with E-state index in [4.69, 9.17) is 4.74 Å². The second-order valence-corrected chi connectivity index (χ2v) is 8.92. The minimum atomic E-state index is -0.619. The van der Waals surface area contributed by atoms with Crippen molar-refractivity contribution < 1.29 is 14.6 Å². The van der Waals surface area contributed by atoms with Crippen LogP contribution in [0, 0.1) is 16.7 Å². The maximum atomic E-state index is 11.6. The van der Waals surface area contributed by atoms with Gasteiger partial charge in [0.05, 0.1) is 12.2 Å². The van der Waals surface area contributed by atoms with Gasteiger partial charge in [0.15, 0.2) is 0 Å². The summed E-state index contributed by atoms with van der Waals surface area (Å²) < 4.78 is 5.06. The van der Waals surface area contributed by atoms with Crippen molar-refractivity contribution in [1.29, 1.82) is 0 Å². The van der Waals surface area contributed by atoms with E-state index < -0.39 is 5.60 Å². The summed E-state index contributed by atoms with van der Waals surface area (Å²) in [6.45, 7) is 13.4. The third-order valence-corrected chi connectivity index (χ3v) is 6.71. The quantitative estimate of drug-likeness (QED) is 0.620. The first kappa shape index (κ1) is 18.7. The lowest BCUT2D eigenvalue weighted by molar-refractivity contribution is -0.128. The Morgan fingerprint density at radius 3 is 2.30 bits per heavy atom. The van der Waals surface area contributed by atoms with Crippen molar-refractivity contribution >= 4 is 5.78 Å². The highest BCUT2D eigenvalue weighted by molar-refractivity contribution is 5.89. The molecule has 3 rings (SSSR count). The molecule has 2 aliphatic carbocycles. The van der Waals surface area contributed by atoms with Crippen LogP contribution in [0.5, 0.6) is 0 Å². The minimum Gasteiger partial charge on any atom is -0.387 e. The summed E-state index contributed by atoms with van der Waals surface area (Å²) in [6, 6.07) is 0. The third kappa shape index (κ3) is 3.71. The third-order valence-electron chi connectivity index (χ3n) is 6.71. The van der Waals surface area contributed by atoms with E-state index >= 15 is 0 Å². The second-order valence-electron chi connectivity index (χ2n) is 8.92. The maximum Gasteiger partial charge on any atom is 0.139 e. The number of ether oxygens (including phenoxy) is 1. The van der Waals surface area contributed by atoms with Crippen LogP contribution in [0.25, 0.3) is 0 Å². The van der Waals surface area contributed by atoms with E-state index in [1.165, 1.54) is 12.0 Å². The van der Waals surface area contributed by atoms with Crippen LogP contribution in [0.15, 0.2) is 11.6 Å². The van der Waals surface area contributed by atoms with Crippen LogP contribution in [-0.4, -0.2) is 29.2 Å². The summed E-state index contributed by atoms with van der Waals surface area (Å²) in [5.74, 6) is 1.19. The molecule has 3 heteroatoms. The molecule has 3 nitrogen and oxygen atoms in total. The molecule has 2 bridgehead atoms. The van der Waals surface area contributed by atoms with Gasteiger partial charge >= 0.3 is 0 Å². The summed E-state index contributed by atoms with van der Waals surface area (Å²) in [7, 11) is 0. The van der Waals surface area contributed by atoms with Gasteiger partial charge in [-0.3, -0.25) is 4.79 Å². The highest BCUT2D eigenvalue weighted by Crippen LogP contribution is 2.63. The molecule has 2 saturated carbocycles. The number of carbonyl (C=O) groups excluding carboxylic acids is 1. The molecule has 3 aliphatic rings. The lowest BCUT2D eigenvalue weighted by atomic mass is 9.70. The molecule has 0 aromatic carbocycles. The summed E-state index contributed by atoms with van der Waals surface area (Å²) in [5.41, 5.74) is 0.996. The van der Waals surface area contributed by atoms with Crippen molar-refractivity contribution in [2.45, 2.75) is 85.4 Å². The van der Waals surface area contributed by atoms with E-state index in [0.717, 1.165) is 32.3 Å². The van der Waals surface area contributed by atoms with Gasteiger partial charge in [-0.05, 0) is 57.8 Å². The SMILES string of the molecule is CC(C)=CCCC(C)(O)C1CO1.CC12CCC(CC1=O)C2(C)C. The Morgan fingerprint density at radius 1 is 1.39 bits per heavy atom. The van der Waals surface area contributed by atoms with Crippen LogP contribution in [0.2, 0.25) is 0 Å². The van der Waals surface area contributed by atoms with Crippen LogP contribution >= 0.6 is 0 Å². The number of fused-ring (bicyclic) bond motifs is 2. The van der Waals surface area contributed by atoms with E-state index in [1.807, 2.05) is 6.92 Å². The van der Waals surface area contributed by atoms with Crippen molar-refractivity contribution in [3.8, 4) is 0 Å². The number of Topliss-reactive ketones (excluding diaryl/α,β-unsaturated/α-hetero) is 1. The van der Waals surface area contributed by atoms with Gasteiger partial charge in [0.25, 0.3) is 0 Å². The molecule has 0 spiro atoms. The zero-order chi connectivity index (χ0) is 17.5. The van der Waals surface area contributed by atoms with Gasteiger partial charge in [0.1, 0.15) is 11.9 Å². The van der Waals surface area contributed by atoms with Crippen LogP contribution in [0.3, 0.4) is 0 Å². The first-order valence-corrected chi connectivity index (χ1v) is 9.01. The topological polar surface area (TPSA) is 49.8 Å². The molecule has 4 atom stereocenters. The normalized spacial score (nSPS) is 36.0. The Morgan fingerprint density at radius 2 is 2.00 bits per heavy atom. The smallest absolute Gasteiger partial charge is 0.139 e. The Labute approximate surface area is 141 Å². The molecular formula is C20H34O3. The maximum absolute atomic E-state index is 11.6. The number of carbonyl (C=O) groups is 1. The predicted molar refractivity (Wildman–Crippen MR) is 93.3 cm³/mol. The Balaban J connectivity index is 0.000000167. The molecule has 0 aromatic heterocycles. The first-order chi connectivity index (χ1) is 10.5. The largest absolute Gasteiger partial charge is 0.387 e. The lowest BCUT2D eigenvalue weighted by Gasteiger charge is -2.32. The second kappa shape index (κ2) is 6.33. The first-order valence-electron chi connectivity index (χ1n) is 9.01. The van der Waals surface area contributed by atoms with E-state index in [9.17, 15) is 9.90 Å². The molecule has 0 aromatic rings. The van der Waals surface area contributed by atoms with Crippen LogP contribution in [0.4, 0.5) is 0 Å². The predicted octanol–water partition coefficient (Wildman–Crippen LogP) is 4.28. The number of hydrogen-bond acceptors (Lipinski definition) is 3. The number of aliphatic hydroxyl groups is 1. The number of allylic oxidation sites excluding steroid dienone is 2. The average Bonchev–Trinajstić information content (AvgIpc) is 3.21. The van der Waals surface area contributed by atoms with Crippen molar-refractivity contribution in [1.82, 2.24) is 0 Å². The van der Waals surface area contributed by atoms with Gasteiger partial charge < -0.3 is 9.84 Å². The summed E-state index contributed by atoms with van der Waals surface area (Å²) in [5, 5.41) is 9.81. The standard InChI is InChI=1S/C10H18O2.C10H16O/c1-8(2)5-4-6-10(3,11)9-7-12-9;1-9(2)7-4-5-10(9,3)8(11)6-7/h5,9,11H,4,6-7H2,1-3H3;7H,4-6H2,1-3H3. The van der Waals surface area contributed by atoms with E-state index in [2.05, 4.69) is 40.7 Å². The Bertz CT molecular complexity index is 481. The molecule has 1 aliphatic heterocycles. The zero-order valence-electron chi connectivity index (χ0n) is 15.7. The number of epoxide rings is 1. The molecule has 23 heavy (non-hydrogen) atoms. The van der Waals surface area contributed by atoms with Gasteiger partial charge in [-0.1, -0.05) is 32.4 Å². The molecule has 3 fully saturated rings. The van der Waals surface area contributed by atoms with E-state index in [-0.39, 0.29) is 16.9 Å². The lowest BCUT2D eigenvalue weighted by Crippen LogP contribution is -2.32. The average molecular weight is 322 g/mol. The molecular weight excluding hydrogens is 288 g/mol. The van der Waals surface area contributed by atoms with Crippen LogP contribution in [0.1, 0.15) is 73.6 Å². The van der Waals surface area contributed by atoms with E-state index in [0.29, 0.717) is 11.7 Å². The molecule has 132 valence electrons. The fourth-order valence-electron chi connectivity index (χ4n) is 4.12. The molecule has 0 amide bonds. The molecule has 1 heterocycles. The summed E-state index contributed by atoms with van der Waals surface area (Å²) in [4.78, 5) is 11.6. The van der Waals surface area contributed by atoms with Gasteiger partial charge in [-0.25, -0.2) is 0 Å². The monoisotopic (exact) mass is 322 g/mol. The van der Waals surface area contributed by atoms with E-state index in [1.54, 1.807) is 0 Å². The summed E-state index contributed by atoms with van der Waals surface area (Å²) in [6.07, 6.45) is 7.22.